The van der Waals surface area contributed by atoms with Crippen molar-refractivity contribution in [1.82, 2.24) is 0 Å². The number of carbonyl (C=O) groups excluding carboxylic acids is 1. The number of carbonyl (C=O) groups is 2. The number of hydrogen-bond donors (Lipinski definition) is 2. The van der Waals surface area contributed by atoms with Crippen molar-refractivity contribution in [2.45, 2.75) is 12.5 Å². The van der Waals surface area contributed by atoms with Crippen molar-refractivity contribution < 1.29 is 28.8 Å². The van der Waals surface area contributed by atoms with Crippen LogP contribution in [0.25, 0.3) is 0 Å². The van der Waals surface area contributed by atoms with Crippen molar-refractivity contribution in [3.8, 4) is 0 Å². The van der Waals surface area contributed by atoms with Crippen LogP contribution in [0.2, 0.25) is 0 Å². The molecule has 2 N–H and O–H groups in total. The number of amides is 1. The number of nitrogens with one attached hydrogen (secondary N) is 1. The molecular weight excluding hydrogens is 289 g/mol. The van der Waals surface area contributed by atoms with Gasteiger partial charge in [0.2, 0.25) is 6.10 Å². The number of halogens is 1. The van der Waals surface area contributed by atoms with Crippen LogP contribution < -0.4 is 5.32 Å². The molecule has 0 aliphatic carbocycles. The Morgan fingerprint density at radius 2 is 2.24 bits per heavy atom. The Morgan fingerprint density at radius 1 is 1.52 bits per heavy atom. The molecule has 0 saturated carbocycles. The van der Waals surface area contributed by atoms with Crippen LogP contribution in [-0.2, 0) is 14.4 Å². The minimum Gasteiger partial charge on any atom is -0.477 e. The Kier molecular flexibility index (Phi) is 3.78. The number of nitro groups is 1. The van der Waals surface area contributed by atoms with Gasteiger partial charge >= 0.3 is 5.97 Å². The van der Waals surface area contributed by atoms with Crippen LogP contribution in [0, 0.1) is 15.9 Å². The molecule has 0 radical (unpaired) electrons. The zero-order valence-electron chi connectivity index (χ0n) is 10.3. The second-order valence-electron chi connectivity index (χ2n) is 4.05. The van der Waals surface area contributed by atoms with Gasteiger partial charge in [-0.25, -0.2) is 9.18 Å². The average molecular weight is 297 g/mol. The third-order valence-corrected chi connectivity index (χ3v) is 2.63. The summed E-state index contributed by atoms with van der Waals surface area (Å²) in [5.74, 6) is -3.11. The van der Waals surface area contributed by atoms with Gasteiger partial charge in [0.25, 0.3) is 11.6 Å². The summed E-state index contributed by atoms with van der Waals surface area (Å²) in [6.07, 6.45) is -1.44. The Hall–Kier alpha value is -3.04. The van der Waals surface area contributed by atoms with E-state index in [0.717, 1.165) is 12.1 Å². The zero-order chi connectivity index (χ0) is 15.6. The summed E-state index contributed by atoms with van der Waals surface area (Å²) in [6, 6.07) is 2.71. The Balaban J connectivity index is 2.04. The first-order valence-corrected chi connectivity index (χ1v) is 5.59. The van der Waals surface area contributed by atoms with E-state index in [1.807, 2.05) is 0 Å². The van der Waals surface area contributed by atoms with Crippen molar-refractivity contribution in [3.63, 3.8) is 0 Å². The molecule has 21 heavy (non-hydrogen) atoms. The predicted octanol–water partition coefficient (Wildman–Crippen LogP) is 0.902. The first-order chi connectivity index (χ1) is 9.88. The van der Waals surface area contributed by atoms with Crippen LogP contribution in [0.15, 0.2) is 23.4 Å². The molecule has 0 fully saturated rings. The van der Waals surface area contributed by atoms with Gasteiger partial charge in [0.1, 0.15) is 0 Å². The first-order valence-electron chi connectivity index (χ1n) is 5.59. The topological polar surface area (TPSA) is 131 Å². The standard InChI is InChI=1S/C11H8FN3O6/c12-6-3-5(15(19)20)1-2-7(6)13-10(16)9-4-8(11(17)18)14-21-9/h1-3,9H,4H2,(H,13,16)(H,17,18). The summed E-state index contributed by atoms with van der Waals surface area (Å²) in [6.45, 7) is 0. The minimum absolute atomic E-state index is 0.254. The van der Waals surface area contributed by atoms with E-state index < -0.39 is 34.4 Å². The highest BCUT2D eigenvalue weighted by Gasteiger charge is 2.32. The third-order valence-electron chi connectivity index (χ3n) is 2.63. The van der Waals surface area contributed by atoms with Crippen molar-refractivity contribution in [2.75, 3.05) is 5.32 Å². The SMILES string of the molecule is O=C(O)C1=NOC(C(=O)Nc2ccc([N+](=O)[O-])cc2F)C1. The zero-order valence-corrected chi connectivity index (χ0v) is 10.3. The lowest BCUT2D eigenvalue weighted by molar-refractivity contribution is -0.385. The number of rotatable bonds is 4. The molecule has 1 atom stereocenters. The summed E-state index contributed by atoms with van der Waals surface area (Å²) in [5, 5.41) is 24.5. The fourth-order valence-electron chi connectivity index (χ4n) is 1.58. The molecule has 0 saturated heterocycles. The number of carboxylic acid groups (broad SMARTS) is 1. The van der Waals surface area contributed by atoms with Gasteiger partial charge in [0.15, 0.2) is 11.5 Å². The molecule has 0 spiro atoms. The van der Waals surface area contributed by atoms with E-state index in [1.165, 1.54) is 0 Å². The lowest BCUT2D eigenvalue weighted by atomic mass is 10.1. The van der Waals surface area contributed by atoms with E-state index in [0.29, 0.717) is 6.07 Å². The van der Waals surface area contributed by atoms with Crippen molar-refractivity contribution in [2.24, 2.45) is 5.16 Å². The lowest BCUT2D eigenvalue weighted by Gasteiger charge is -2.09. The molecule has 1 aliphatic rings. The first kappa shape index (κ1) is 14.4. The number of hydrogen-bond acceptors (Lipinski definition) is 6. The van der Waals surface area contributed by atoms with E-state index in [-0.39, 0.29) is 17.8 Å². The highest BCUT2D eigenvalue weighted by molar-refractivity contribution is 6.36. The smallest absolute Gasteiger partial charge is 0.353 e. The third kappa shape index (κ3) is 3.11. The number of non-ortho nitro benzene ring substituents is 1. The second-order valence-corrected chi connectivity index (χ2v) is 4.05. The van der Waals surface area contributed by atoms with Crippen LogP contribution in [-0.4, -0.2) is 33.7 Å². The normalized spacial score (nSPS) is 16.8. The van der Waals surface area contributed by atoms with Gasteiger partial charge in [0, 0.05) is 12.5 Å². The molecule has 0 bridgehead atoms. The number of carboxylic acids is 1. The van der Waals surface area contributed by atoms with E-state index >= 15 is 0 Å². The van der Waals surface area contributed by atoms with E-state index in [4.69, 9.17) is 5.11 Å². The van der Waals surface area contributed by atoms with E-state index in [9.17, 15) is 24.1 Å². The summed E-state index contributed by atoms with van der Waals surface area (Å²) in [5.41, 5.74) is -1.06. The van der Waals surface area contributed by atoms with Crippen LogP contribution >= 0.6 is 0 Å². The maximum atomic E-state index is 13.6. The van der Waals surface area contributed by atoms with Crippen molar-refractivity contribution >= 4 is 29.0 Å². The molecule has 0 aromatic heterocycles. The van der Waals surface area contributed by atoms with Crippen molar-refractivity contribution in [3.05, 3.63) is 34.1 Å². The molecule has 9 nitrogen and oxygen atoms in total. The molecule has 10 heteroatoms. The summed E-state index contributed by atoms with van der Waals surface area (Å²) in [4.78, 5) is 36.7. The number of benzene rings is 1. The van der Waals surface area contributed by atoms with Crippen LogP contribution in [0.3, 0.4) is 0 Å². The number of nitrogens with zero attached hydrogens (tertiary/aromatic N) is 2. The Bertz CT molecular complexity index is 659. The van der Waals surface area contributed by atoms with Gasteiger partial charge < -0.3 is 15.3 Å². The molecule has 1 amide bonds. The number of aliphatic carboxylic acids is 1. The Morgan fingerprint density at radius 3 is 2.76 bits per heavy atom. The Labute approximate surface area is 116 Å². The predicted molar refractivity (Wildman–Crippen MR) is 66.2 cm³/mol. The fraction of sp³-hybridized carbons (Fsp3) is 0.182. The summed E-state index contributed by atoms with van der Waals surface area (Å²) in [7, 11) is 0. The quantitative estimate of drug-likeness (QED) is 0.627. The van der Waals surface area contributed by atoms with Crippen molar-refractivity contribution in [1.29, 1.82) is 0 Å². The number of anilines is 1. The molecule has 1 aromatic carbocycles. The van der Waals surface area contributed by atoms with E-state index in [1.54, 1.807) is 0 Å². The molecule has 110 valence electrons. The van der Waals surface area contributed by atoms with Gasteiger partial charge in [-0.2, -0.15) is 0 Å². The fourth-order valence-corrected chi connectivity index (χ4v) is 1.58. The molecular formula is C11H8FN3O6. The molecule has 2 rings (SSSR count). The molecule has 1 aromatic rings. The van der Waals surface area contributed by atoms with Gasteiger partial charge in [-0.3, -0.25) is 14.9 Å². The van der Waals surface area contributed by atoms with E-state index in [2.05, 4.69) is 15.3 Å². The maximum Gasteiger partial charge on any atom is 0.353 e. The van der Waals surface area contributed by atoms with Gasteiger partial charge in [-0.1, -0.05) is 5.16 Å². The van der Waals surface area contributed by atoms with Gasteiger partial charge in [-0.15, -0.1) is 0 Å². The highest BCUT2D eigenvalue weighted by Crippen LogP contribution is 2.21. The summed E-state index contributed by atoms with van der Waals surface area (Å²) >= 11 is 0. The lowest BCUT2D eigenvalue weighted by Crippen LogP contribution is -2.29. The monoisotopic (exact) mass is 297 g/mol. The van der Waals surface area contributed by atoms with Crippen LogP contribution in [0.1, 0.15) is 6.42 Å². The van der Waals surface area contributed by atoms with Gasteiger partial charge in [-0.05, 0) is 6.07 Å². The molecule has 1 aliphatic heterocycles. The largest absolute Gasteiger partial charge is 0.477 e. The molecule has 1 heterocycles. The maximum absolute atomic E-state index is 13.6. The van der Waals surface area contributed by atoms with Crippen LogP contribution in [0.4, 0.5) is 15.8 Å². The number of oxime groups is 1. The highest BCUT2D eigenvalue weighted by atomic mass is 19.1. The summed E-state index contributed by atoms with van der Waals surface area (Å²) < 4.78 is 13.6. The van der Waals surface area contributed by atoms with Gasteiger partial charge in [0.05, 0.1) is 16.7 Å². The molecule has 1 unspecified atom stereocenters. The second kappa shape index (κ2) is 5.53. The minimum atomic E-state index is -1.31. The average Bonchev–Trinajstić information content (AvgIpc) is 2.90. The van der Waals surface area contributed by atoms with Crippen LogP contribution in [0.5, 0.6) is 0 Å². The number of nitro benzene ring substituents is 1.